The second-order valence-corrected chi connectivity index (χ2v) is 9.12. The Hall–Kier alpha value is -2.74. The molecule has 1 N–H and O–H groups in total. The highest BCUT2D eigenvalue weighted by Crippen LogP contribution is 2.38. The monoisotopic (exact) mass is 416 g/mol. The van der Waals surface area contributed by atoms with Crippen LogP contribution >= 0.6 is 0 Å². The van der Waals surface area contributed by atoms with Gasteiger partial charge >= 0.3 is 0 Å². The zero-order chi connectivity index (χ0) is 20.4. The number of carbonyl (C=O) groups is 1. The van der Waals surface area contributed by atoms with Gasteiger partial charge in [0.1, 0.15) is 0 Å². The van der Waals surface area contributed by atoms with E-state index in [2.05, 4.69) is 4.72 Å². The number of rotatable bonds is 4. The van der Waals surface area contributed by atoms with Crippen LogP contribution in [0.4, 0.5) is 5.69 Å². The van der Waals surface area contributed by atoms with Crippen LogP contribution in [0, 0.1) is 0 Å². The van der Waals surface area contributed by atoms with Gasteiger partial charge in [0.05, 0.1) is 25.5 Å². The maximum atomic E-state index is 13.2. The Morgan fingerprint density at radius 3 is 2.66 bits per heavy atom. The summed E-state index contributed by atoms with van der Waals surface area (Å²) in [7, 11) is -3.40. The summed E-state index contributed by atoms with van der Waals surface area (Å²) < 4.78 is 36.9. The number of nitrogens with zero attached hydrogens (tertiary/aromatic N) is 1. The molecule has 0 spiro atoms. The highest BCUT2D eigenvalue weighted by atomic mass is 32.2. The van der Waals surface area contributed by atoms with Crippen molar-refractivity contribution >= 4 is 21.6 Å². The van der Waals surface area contributed by atoms with Crippen molar-refractivity contribution in [1.29, 1.82) is 0 Å². The Morgan fingerprint density at radius 1 is 1.07 bits per heavy atom. The predicted molar refractivity (Wildman–Crippen MR) is 110 cm³/mol. The standard InChI is InChI=1S/C21H24N2O5S/c1-29(25,26)22-17-6-2-5-16(13-17)21(24)23-10-3-7-18(23)15-8-9-19-20(14-15)28-12-4-11-27-19/h2,5-6,8-9,13-14,18,22H,3-4,7,10-12H2,1H3. The molecule has 8 heteroatoms. The first kappa shape index (κ1) is 19.6. The molecule has 1 amide bonds. The lowest BCUT2D eigenvalue weighted by molar-refractivity contribution is 0.0735. The first-order valence-corrected chi connectivity index (χ1v) is 11.6. The molecule has 154 valence electrons. The van der Waals surface area contributed by atoms with Gasteiger partial charge in [-0.25, -0.2) is 8.42 Å². The molecule has 29 heavy (non-hydrogen) atoms. The molecule has 2 aliphatic heterocycles. The van der Waals surface area contributed by atoms with Crippen molar-refractivity contribution in [2.24, 2.45) is 0 Å². The lowest BCUT2D eigenvalue weighted by Gasteiger charge is -2.26. The Kier molecular flexibility index (Phi) is 5.36. The molecule has 1 unspecified atom stereocenters. The molecule has 2 aromatic rings. The summed E-state index contributed by atoms with van der Waals surface area (Å²) in [6.45, 7) is 1.91. The summed E-state index contributed by atoms with van der Waals surface area (Å²) in [5.41, 5.74) is 1.86. The molecule has 4 rings (SSSR count). The van der Waals surface area contributed by atoms with Gasteiger partial charge in [0, 0.05) is 24.2 Å². The Morgan fingerprint density at radius 2 is 1.86 bits per heavy atom. The average Bonchev–Trinajstić information content (AvgIpc) is 3.05. The molecule has 1 fully saturated rings. The van der Waals surface area contributed by atoms with Crippen LogP contribution in [-0.2, 0) is 10.0 Å². The third kappa shape index (κ3) is 4.48. The highest BCUT2D eigenvalue weighted by molar-refractivity contribution is 7.92. The SMILES string of the molecule is CS(=O)(=O)Nc1cccc(C(=O)N2CCCC2c2ccc3c(c2)OCCCO3)c1. The second kappa shape index (κ2) is 7.94. The van der Waals surface area contributed by atoms with Gasteiger partial charge in [0.15, 0.2) is 11.5 Å². The molecule has 0 bridgehead atoms. The maximum absolute atomic E-state index is 13.2. The number of ether oxygens (including phenoxy) is 2. The smallest absolute Gasteiger partial charge is 0.254 e. The second-order valence-electron chi connectivity index (χ2n) is 7.37. The summed E-state index contributed by atoms with van der Waals surface area (Å²) in [6, 6.07) is 12.4. The molecule has 2 aliphatic rings. The van der Waals surface area contributed by atoms with Crippen LogP contribution < -0.4 is 14.2 Å². The fourth-order valence-electron chi connectivity index (χ4n) is 3.84. The van der Waals surface area contributed by atoms with E-state index >= 15 is 0 Å². The van der Waals surface area contributed by atoms with Crippen LogP contribution in [0.3, 0.4) is 0 Å². The van der Waals surface area contributed by atoms with Crippen molar-refractivity contribution in [2.75, 3.05) is 30.7 Å². The van der Waals surface area contributed by atoms with E-state index in [9.17, 15) is 13.2 Å². The van der Waals surface area contributed by atoms with Gasteiger partial charge in [-0.1, -0.05) is 12.1 Å². The van der Waals surface area contributed by atoms with E-state index < -0.39 is 10.0 Å². The van der Waals surface area contributed by atoms with E-state index in [-0.39, 0.29) is 11.9 Å². The van der Waals surface area contributed by atoms with E-state index in [1.165, 1.54) is 0 Å². The summed E-state index contributed by atoms with van der Waals surface area (Å²) in [5, 5.41) is 0. The molecule has 0 radical (unpaired) electrons. The molecular formula is C21H24N2O5S. The van der Waals surface area contributed by atoms with E-state index in [4.69, 9.17) is 9.47 Å². The molecule has 1 saturated heterocycles. The van der Waals surface area contributed by atoms with E-state index in [0.29, 0.717) is 31.0 Å². The summed E-state index contributed by atoms with van der Waals surface area (Å²) >= 11 is 0. The number of likely N-dealkylation sites (tertiary alicyclic amines) is 1. The number of fused-ring (bicyclic) bond motifs is 1. The lowest BCUT2D eigenvalue weighted by Crippen LogP contribution is -2.30. The van der Waals surface area contributed by atoms with E-state index in [1.54, 1.807) is 24.3 Å². The van der Waals surface area contributed by atoms with Crippen LogP contribution in [0.1, 0.15) is 41.2 Å². The van der Waals surface area contributed by atoms with Crippen LogP contribution in [0.2, 0.25) is 0 Å². The number of sulfonamides is 1. The average molecular weight is 416 g/mol. The topological polar surface area (TPSA) is 84.9 Å². The Bertz CT molecular complexity index is 1020. The quantitative estimate of drug-likeness (QED) is 0.827. The normalized spacial score (nSPS) is 18.9. The summed E-state index contributed by atoms with van der Waals surface area (Å²) in [4.78, 5) is 15.0. The zero-order valence-electron chi connectivity index (χ0n) is 16.3. The Labute approximate surface area is 170 Å². The third-order valence-electron chi connectivity index (χ3n) is 5.08. The van der Waals surface area contributed by atoms with Crippen LogP contribution in [0.5, 0.6) is 11.5 Å². The van der Waals surface area contributed by atoms with E-state index in [1.807, 2.05) is 23.1 Å². The van der Waals surface area contributed by atoms with Crippen molar-refractivity contribution in [3.8, 4) is 11.5 Å². The van der Waals surface area contributed by atoms with Gasteiger partial charge in [-0.15, -0.1) is 0 Å². The van der Waals surface area contributed by atoms with Crippen molar-refractivity contribution < 1.29 is 22.7 Å². The minimum absolute atomic E-state index is 0.0498. The number of hydrogen-bond donors (Lipinski definition) is 1. The molecule has 0 aromatic heterocycles. The van der Waals surface area contributed by atoms with Crippen LogP contribution in [0.15, 0.2) is 42.5 Å². The van der Waals surface area contributed by atoms with Crippen molar-refractivity contribution in [3.05, 3.63) is 53.6 Å². The fourth-order valence-corrected chi connectivity index (χ4v) is 4.39. The number of anilines is 1. The van der Waals surface area contributed by atoms with Gasteiger partial charge in [-0.05, 0) is 48.7 Å². The summed E-state index contributed by atoms with van der Waals surface area (Å²) in [6.07, 6.45) is 3.71. The van der Waals surface area contributed by atoms with Gasteiger partial charge in [0.2, 0.25) is 10.0 Å². The molecule has 0 saturated carbocycles. The zero-order valence-corrected chi connectivity index (χ0v) is 17.1. The van der Waals surface area contributed by atoms with Gasteiger partial charge in [0.25, 0.3) is 5.91 Å². The lowest BCUT2D eigenvalue weighted by atomic mass is 10.0. The van der Waals surface area contributed by atoms with Gasteiger partial charge < -0.3 is 14.4 Å². The van der Waals surface area contributed by atoms with Crippen molar-refractivity contribution in [3.63, 3.8) is 0 Å². The van der Waals surface area contributed by atoms with Crippen molar-refractivity contribution in [1.82, 2.24) is 4.90 Å². The van der Waals surface area contributed by atoms with Gasteiger partial charge in [-0.3, -0.25) is 9.52 Å². The maximum Gasteiger partial charge on any atom is 0.254 e. The third-order valence-corrected chi connectivity index (χ3v) is 5.69. The largest absolute Gasteiger partial charge is 0.490 e. The van der Waals surface area contributed by atoms with E-state index in [0.717, 1.165) is 42.6 Å². The summed E-state index contributed by atoms with van der Waals surface area (Å²) in [5.74, 6) is 1.34. The molecular weight excluding hydrogens is 392 g/mol. The van der Waals surface area contributed by atoms with Gasteiger partial charge in [-0.2, -0.15) is 0 Å². The molecule has 0 aliphatic carbocycles. The number of carbonyl (C=O) groups excluding carboxylic acids is 1. The van der Waals surface area contributed by atoms with Crippen molar-refractivity contribution in [2.45, 2.75) is 25.3 Å². The number of hydrogen-bond acceptors (Lipinski definition) is 5. The van der Waals surface area contributed by atoms with Crippen LogP contribution in [-0.4, -0.2) is 45.2 Å². The molecule has 1 atom stereocenters. The Balaban J connectivity index is 1.58. The first-order valence-electron chi connectivity index (χ1n) is 9.69. The predicted octanol–water partition coefficient (Wildman–Crippen LogP) is 3.20. The minimum atomic E-state index is -3.40. The molecule has 2 aromatic carbocycles. The fraction of sp³-hybridized carbons (Fsp3) is 0.381. The van der Waals surface area contributed by atoms with Crippen LogP contribution in [0.25, 0.3) is 0 Å². The highest BCUT2D eigenvalue weighted by Gasteiger charge is 2.31. The number of amides is 1. The number of nitrogens with one attached hydrogen (secondary N) is 1. The minimum Gasteiger partial charge on any atom is -0.490 e. The molecule has 2 heterocycles. The first-order chi connectivity index (χ1) is 13.9. The number of benzene rings is 2. The molecule has 7 nitrogen and oxygen atoms in total.